The quantitative estimate of drug-likeness (QED) is 0.767. The Hall–Kier alpha value is 1.04. The zero-order valence-corrected chi connectivity index (χ0v) is 8.74. The van der Waals surface area contributed by atoms with Crippen LogP contribution in [0.2, 0.25) is 0 Å². The molecule has 0 spiro atoms. The summed E-state index contributed by atoms with van der Waals surface area (Å²) in [4.78, 5) is 0. The van der Waals surface area contributed by atoms with Gasteiger partial charge >= 0.3 is 0 Å². The van der Waals surface area contributed by atoms with Crippen molar-refractivity contribution in [2.45, 2.75) is 19.8 Å². The van der Waals surface area contributed by atoms with E-state index in [0.29, 0.717) is 0 Å². The lowest BCUT2D eigenvalue weighted by Crippen LogP contribution is -2.05. The van der Waals surface area contributed by atoms with Crippen LogP contribution in [0.1, 0.15) is 19.8 Å². The van der Waals surface area contributed by atoms with Crippen LogP contribution >= 0.6 is 30.1 Å². The average molecular weight is 259 g/mol. The smallest absolute Gasteiger partial charge is 0.00360 e. The molecular formula is C6H14INS. The molecule has 0 saturated heterocycles. The Morgan fingerprint density at radius 2 is 2.22 bits per heavy atom. The van der Waals surface area contributed by atoms with Crippen LogP contribution in [0, 0.1) is 5.92 Å². The molecule has 0 saturated carbocycles. The molecule has 1 unspecified atom stereocenters. The molecule has 2 N–H and O–H groups in total. The summed E-state index contributed by atoms with van der Waals surface area (Å²) in [5.74, 6) is 2.08. The van der Waals surface area contributed by atoms with Gasteiger partial charge in [-0.15, -0.1) is 0 Å². The minimum absolute atomic E-state index is 0.817. The first kappa shape index (κ1) is 10.0. The van der Waals surface area contributed by atoms with Crippen molar-refractivity contribution in [3.63, 3.8) is 0 Å². The third kappa shape index (κ3) is 6.93. The summed E-state index contributed by atoms with van der Waals surface area (Å²) in [6.07, 6.45) is 2.49. The van der Waals surface area contributed by atoms with Crippen LogP contribution in [-0.4, -0.2) is 12.3 Å². The van der Waals surface area contributed by atoms with Crippen LogP contribution in [0.4, 0.5) is 0 Å². The van der Waals surface area contributed by atoms with Crippen LogP contribution < -0.4 is 5.73 Å². The van der Waals surface area contributed by atoms with Crippen molar-refractivity contribution in [1.29, 1.82) is 0 Å². The lowest BCUT2D eigenvalue weighted by Gasteiger charge is -2.06. The number of nitrogens with two attached hydrogens (primary N) is 1. The minimum atomic E-state index is 0.817. The van der Waals surface area contributed by atoms with E-state index in [0.717, 1.165) is 12.5 Å². The molecule has 0 radical (unpaired) electrons. The van der Waals surface area contributed by atoms with Gasteiger partial charge in [0.2, 0.25) is 0 Å². The highest BCUT2D eigenvalue weighted by atomic mass is 127. The Morgan fingerprint density at radius 1 is 1.56 bits per heavy atom. The summed E-state index contributed by atoms with van der Waals surface area (Å²) in [7, 11) is 1.88. The zero-order chi connectivity index (χ0) is 7.11. The maximum Gasteiger partial charge on any atom is 0.00360 e. The van der Waals surface area contributed by atoms with E-state index in [4.69, 9.17) is 5.73 Å². The highest BCUT2D eigenvalue weighted by Crippen LogP contribution is 2.16. The summed E-state index contributed by atoms with van der Waals surface area (Å²) in [5.41, 5.74) is 5.39. The Balaban J connectivity index is 2.95. The molecule has 3 heteroatoms. The van der Waals surface area contributed by atoms with Gasteiger partial charge in [0.15, 0.2) is 0 Å². The van der Waals surface area contributed by atoms with Gasteiger partial charge in [-0.05, 0) is 46.5 Å². The van der Waals surface area contributed by atoms with Gasteiger partial charge in [-0.25, -0.2) is 0 Å². The van der Waals surface area contributed by atoms with Gasteiger partial charge < -0.3 is 5.73 Å². The normalized spacial score (nSPS) is 13.7. The van der Waals surface area contributed by atoms with Crippen LogP contribution in [0.5, 0.6) is 0 Å². The maximum atomic E-state index is 5.39. The highest BCUT2D eigenvalue weighted by molar-refractivity contribution is 14.2. The topological polar surface area (TPSA) is 26.0 Å². The van der Waals surface area contributed by atoms with Crippen molar-refractivity contribution in [1.82, 2.24) is 0 Å². The van der Waals surface area contributed by atoms with Gasteiger partial charge in [0.1, 0.15) is 0 Å². The Morgan fingerprint density at radius 3 is 2.67 bits per heavy atom. The molecule has 0 aliphatic carbocycles. The van der Waals surface area contributed by atoms with Crippen molar-refractivity contribution in [2.75, 3.05) is 12.3 Å². The first-order chi connectivity index (χ1) is 4.31. The summed E-state index contributed by atoms with van der Waals surface area (Å²) in [6, 6.07) is 0. The predicted octanol–water partition coefficient (Wildman–Crippen LogP) is 2.44. The highest BCUT2D eigenvalue weighted by Gasteiger charge is 1.98. The van der Waals surface area contributed by atoms with Crippen molar-refractivity contribution in [2.24, 2.45) is 11.7 Å². The molecule has 1 atom stereocenters. The fourth-order valence-corrected chi connectivity index (χ4v) is 1.93. The molecule has 0 aliphatic heterocycles. The fraction of sp³-hybridized carbons (Fsp3) is 1.00. The van der Waals surface area contributed by atoms with E-state index in [9.17, 15) is 0 Å². The van der Waals surface area contributed by atoms with E-state index in [2.05, 4.69) is 28.1 Å². The van der Waals surface area contributed by atoms with Crippen molar-refractivity contribution >= 4 is 30.1 Å². The third-order valence-electron chi connectivity index (χ3n) is 1.35. The van der Waals surface area contributed by atoms with Crippen molar-refractivity contribution in [3.05, 3.63) is 0 Å². The van der Waals surface area contributed by atoms with E-state index >= 15 is 0 Å². The third-order valence-corrected chi connectivity index (χ3v) is 3.06. The van der Waals surface area contributed by atoms with Crippen LogP contribution in [-0.2, 0) is 0 Å². The summed E-state index contributed by atoms with van der Waals surface area (Å²) in [6.45, 7) is 3.10. The predicted molar refractivity (Wildman–Crippen MR) is 53.9 cm³/mol. The number of rotatable bonds is 5. The van der Waals surface area contributed by atoms with Crippen LogP contribution in [0.3, 0.4) is 0 Å². The second-order valence-corrected chi connectivity index (χ2v) is 4.78. The number of hydrogen-bond acceptors (Lipinski definition) is 2. The molecule has 0 aromatic carbocycles. The lowest BCUT2D eigenvalue weighted by atomic mass is 10.1. The molecule has 0 aromatic rings. The van der Waals surface area contributed by atoms with E-state index in [1.807, 2.05) is 8.93 Å². The summed E-state index contributed by atoms with van der Waals surface area (Å²) < 4.78 is 0. The van der Waals surface area contributed by atoms with Gasteiger partial charge in [0.05, 0.1) is 0 Å². The molecule has 1 nitrogen and oxygen atoms in total. The SMILES string of the molecule is CC(CCN)CCSI. The molecule has 9 heavy (non-hydrogen) atoms. The standard InChI is InChI=1S/C6H14INS/c1-6(2-4-8)3-5-9-7/h6H,2-5,8H2,1H3. The molecule has 56 valence electrons. The van der Waals surface area contributed by atoms with Gasteiger partial charge in [-0.2, -0.15) is 0 Å². The fourth-order valence-electron chi connectivity index (χ4n) is 0.675. The molecular weight excluding hydrogens is 245 g/mol. The second-order valence-electron chi connectivity index (χ2n) is 2.28. The maximum absolute atomic E-state index is 5.39. The van der Waals surface area contributed by atoms with E-state index in [1.165, 1.54) is 18.6 Å². The largest absolute Gasteiger partial charge is 0.330 e. The Labute approximate surface area is 73.7 Å². The number of hydrogen-bond donors (Lipinski definition) is 1. The second kappa shape index (κ2) is 7.15. The van der Waals surface area contributed by atoms with Gasteiger partial charge in [0.25, 0.3) is 0 Å². The molecule has 0 rings (SSSR count). The lowest BCUT2D eigenvalue weighted by molar-refractivity contribution is 0.529. The zero-order valence-electron chi connectivity index (χ0n) is 5.77. The Kier molecular flexibility index (Phi) is 7.98. The van der Waals surface area contributed by atoms with Gasteiger partial charge in [-0.3, -0.25) is 0 Å². The first-order valence-electron chi connectivity index (χ1n) is 3.25. The van der Waals surface area contributed by atoms with E-state index in [1.54, 1.807) is 0 Å². The van der Waals surface area contributed by atoms with Gasteiger partial charge in [-0.1, -0.05) is 15.9 Å². The molecule has 0 heterocycles. The molecule has 0 aromatic heterocycles. The average Bonchev–Trinajstić information content (AvgIpc) is 1.85. The van der Waals surface area contributed by atoms with Crippen molar-refractivity contribution in [3.8, 4) is 0 Å². The van der Waals surface area contributed by atoms with Crippen LogP contribution in [0.25, 0.3) is 0 Å². The van der Waals surface area contributed by atoms with Crippen molar-refractivity contribution < 1.29 is 0 Å². The van der Waals surface area contributed by atoms with E-state index < -0.39 is 0 Å². The monoisotopic (exact) mass is 259 g/mol. The number of halogens is 1. The summed E-state index contributed by atoms with van der Waals surface area (Å²) >= 11 is 2.33. The minimum Gasteiger partial charge on any atom is -0.330 e. The summed E-state index contributed by atoms with van der Waals surface area (Å²) in [5, 5.41) is 0. The van der Waals surface area contributed by atoms with Gasteiger partial charge in [0, 0.05) is 5.75 Å². The Bertz CT molecular complexity index is 61.0. The molecule has 0 bridgehead atoms. The van der Waals surface area contributed by atoms with Crippen LogP contribution in [0.15, 0.2) is 0 Å². The molecule has 0 fully saturated rings. The van der Waals surface area contributed by atoms with E-state index in [-0.39, 0.29) is 0 Å². The first-order valence-corrected chi connectivity index (χ1v) is 6.77. The molecule has 0 aliphatic rings. The molecule has 0 amide bonds.